The molecule has 9 heteroatoms. The minimum absolute atomic E-state index is 0. The van der Waals surface area contributed by atoms with Gasteiger partial charge in [0.1, 0.15) is 12.4 Å². The lowest BCUT2D eigenvalue weighted by Crippen LogP contribution is -2.38. The second kappa shape index (κ2) is 11.9. The van der Waals surface area contributed by atoms with Crippen LogP contribution in [0.3, 0.4) is 0 Å². The number of nitrogens with one attached hydrogen (secondary N) is 2. The molecule has 32 heavy (non-hydrogen) atoms. The summed E-state index contributed by atoms with van der Waals surface area (Å²) in [5.74, 6) is 1.31. The molecule has 0 amide bonds. The van der Waals surface area contributed by atoms with Gasteiger partial charge in [-0.15, -0.1) is 24.0 Å². The van der Waals surface area contributed by atoms with Gasteiger partial charge in [-0.1, -0.05) is 42.5 Å². The molecule has 1 aromatic heterocycles. The third-order valence-corrected chi connectivity index (χ3v) is 4.79. The minimum Gasteiger partial charge on any atom is -0.357 e. The Bertz CT molecular complexity index is 1000. The molecule has 0 saturated heterocycles. The van der Waals surface area contributed by atoms with Crippen molar-refractivity contribution in [3.63, 3.8) is 0 Å². The average Bonchev–Trinajstić information content (AvgIpc) is 3.19. The molecule has 0 radical (unpaired) electrons. The van der Waals surface area contributed by atoms with Crippen LogP contribution >= 0.6 is 24.0 Å². The Morgan fingerprint density at radius 3 is 2.56 bits per heavy atom. The lowest BCUT2D eigenvalue weighted by molar-refractivity contribution is -0.137. The summed E-state index contributed by atoms with van der Waals surface area (Å²) in [6.07, 6.45) is -0.729. The van der Waals surface area contributed by atoms with Gasteiger partial charge < -0.3 is 15.2 Å². The molecule has 0 fully saturated rings. The number of hydrogen-bond acceptors (Lipinski definition) is 2. The van der Waals surface area contributed by atoms with E-state index in [2.05, 4.69) is 32.7 Å². The highest BCUT2D eigenvalue weighted by Gasteiger charge is 2.30. The van der Waals surface area contributed by atoms with Gasteiger partial charge in [0.05, 0.1) is 11.6 Å². The van der Waals surface area contributed by atoms with Gasteiger partial charge in [0, 0.05) is 25.5 Å². The Morgan fingerprint density at radius 1 is 1.12 bits per heavy atom. The summed E-state index contributed by atoms with van der Waals surface area (Å²) in [6.45, 7) is 5.39. The zero-order chi connectivity index (χ0) is 22.3. The molecule has 1 heterocycles. The molecule has 0 aliphatic carbocycles. The first-order chi connectivity index (χ1) is 14.9. The maximum Gasteiger partial charge on any atom is 0.416 e. The molecule has 0 saturated carbocycles. The summed E-state index contributed by atoms with van der Waals surface area (Å²) in [5.41, 5.74) is 1.03. The van der Waals surface area contributed by atoms with Crippen LogP contribution < -0.4 is 10.6 Å². The van der Waals surface area contributed by atoms with E-state index in [1.807, 2.05) is 35.9 Å². The van der Waals surface area contributed by atoms with Crippen molar-refractivity contribution in [2.24, 2.45) is 4.99 Å². The Labute approximate surface area is 203 Å². The van der Waals surface area contributed by atoms with E-state index in [0.717, 1.165) is 23.5 Å². The first kappa shape index (κ1) is 25.7. The zero-order valence-corrected chi connectivity index (χ0v) is 20.3. The fraction of sp³-hybridized carbons (Fsp3) is 0.304. The van der Waals surface area contributed by atoms with Gasteiger partial charge in [0.2, 0.25) is 0 Å². The molecule has 2 aromatic carbocycles. The van der Waals surface area contributed by atoms with Crippen molar-refractivity contribution in [3.05, 3.63) is 89.5 Å². The van der Waals surface area contributed by atoms with Crippen molar-refractivity contribution in [2.75, 3.05) is 6.54 Å². The molecular weight excluding hydrogens is 530 g/mol. The van der Waals surface area contributed by atoms with E-state index in [-0.39, 0.29) is 30.0 Å². The topological polar surface area (TPSA) is 54.2 Å². The third-order valence-electron chi connectivity index (χ3n) is 4.79. The van der Waals surface area contributed by atoms with Crippen molar-refractivity contribution >= 4 is 29.9 Å². The molecule has 0 aliphatic rings. The number of hydrogen-bond donors (Lipinski definition) is 2. The monoisotopic (exact) mass is 557 g/mol. The summed E-state index contributed by atoms with van der Waals surface area (Å²) in [4.78, 5) is 8.98. The number of benzene rings is 2. The molecule has 3 rings (SSSR count). The third kappa shape index (κ3) is 7.25. The van der Waals surface area contributed by atoms with Crippen LogP contribution in [0.2, 0.25) is 0 Å². The van der Waals surface area contributed by atoms with Gasteiger partial charge in [-0.05, 0) is 37.1 Å². The highest BCUT2D eigenvalue weighted by Crippen LogP contribution is 2.30. The van der Waals surface area contributed by atoms with Crippen molar-refractivity contribution in [1.29, 1.82) is 0 Å². The van der Waals surface area contributed by atoms with Crippen LogP contribution in [0.15, 0.2) is 72.0 Å². The number of rotatable bonds is 7. The van der Waals surface area contributed by atoms with Crippen LogP contribution in [-0.2, 0) is 19.3 Å². The first-order valence-corrected chi connectivity index (χ1v) is 10.1. The van der Waals surface area contributed by atoms with Gasteiger partial charge in [0.15, 0.2) is 5.96 Å². The van der Waals surface area contributed by atoms with Gasteiger partial charge in [-0.2, -0.15) is 13.2 Å². The predicted molar refractivity (Wildman–Crippen MR) is 131 cm³/mol. The molecule has 172 valence electrons. The van der Waals surface area contributed by atoms with Crippen molar-refractivity contribution in [3.8, 4) is 0 Å². The molecule has 0 spiro atoms. The Hall–Kier alpha value is -2.56. The fourth-order valence-electron chi connectivity index (χ4n) is 3.16. The Kier molecular flexibility index (Phi) is 9.55. The molecule has 1 unspecified atom stereocenters. The molecule has 0 aliphatic heterocycles. The maximum absolute atomic E-state index is 13.0. The quantitative estimate of drug-likeness (QED) is 0.233. The second-order valence-corrected chi connectivity index (χ2v) is 7.14. The predicted octanol–water partition coefficient (Wildman–Crippen LogP) is 5.38. The number of halogens is 4. The van der Waals surface area contributed by atoms with E-state index >= 15 is 0 Å². The number of aromatic nitrogens is 2. The largest absolute Gasteiger partial charge is 0.416 e. The summed E-state index contributed by atoms with van der Waals surface area (Å²) in [6, 6.07) is 15.0. The van der Waals surface area contributed by atoms with Crippen molar-refractivity contribution in [1.82, 2.24) is 20.2 Å². The van der Waals surface area contributed by atoms with Crippen LogP contribution in [0, 0.1) is 0 Å². The number of nitrogens with zero attached hydrogens (tertiary/aromatic N) is 3. The van der Waals surface area contributed by atoms with E-state index in [9.17, 15) is 13.2 Å². The lowest BCUT2D eigenvalue weighted by Gasteiger charge is -2.19. The van der Waals surface area contributed by atoms with Gasteiger partial charge >= 0.3 is 6.18 Å². The Balaban J connectivity index is 0.00000363. The maximum atomic E-state index is 13.0. The second-order valence-electron chi connectivity index (χ2n) is 7.14. The number of imidazole rings is 1. The van der Waals surface area contributed by atoms with Crippen LogP contribution in [-0.4, -0.2) is 22.1 Å². The summed E-state index contributed by atoms with van der Waals surface area (Å²) in [5, 5.41) is 6.32. The smallest absolute Gasteiger partial charge is 0.357 e. The molecule has 3 aromatic rings. The van der Waals surface area contributed by atoms with Crippen LogP contribution in [0.5, 0.6) is 0 Å². The number of guanidine groups is 1. The van der Waals surface area contributed by atoms with Crippen LogP contribution in [0.4, 0.5) is 13.2 Å². The normalized spacial score (nSPS) is 12.7. The van der Waals surface area contributed by atoms with E-state index < -0.39 is 11.7 Å². The summed E-state index contributed by atoms with van der Waals surface area (Å²) in [7, 11) is 0. The standard InChI is InChI=1S/C23H26F3N5.HI/c1-3-27-22(30-17(2)19-10-7-11-20(14-19)23(24,25)26)29-15-21-28-12-13-31(21)16-18-8-5-4-6-9-18;/h4-14,17H,3,15-16H2,1-2H3,(H2,27,29,30);1H. The number of aliphatic imine (C=N–C) groups is 1. The van der Waals surface area contributed by atoms with Crippen LogP contribution in [0.25, 0.3) is 0 Å². The highest BCUT2D eigenvalue weighted by atomic mass is 127. The van der Waals surface area contributed by atoms with Gasteiger partial charge in [-0.3, -0.25) is 0 Å². The van der Waals surface area contributed by atoms with E-state index in [4.69, 9.17) is 0 Å². The minimum atomic E-state index is -4.37. The molecule has 5 nitrogen and oxygen atoms in total. The number of alkyl halides is 3. The molecule has 2 N–H and O–H groups in total. The van der Waals surface area contributed by atoms with Crippen molar-refractivity contribution in [2.45, 2.75) is 39.2 Å². The highest BCUT2D eigenvalue weighted by molar-refractivity contribution is 14.0. The van der Waals surface area contributed by atoms with Crippen molar-refractivity contribution < 1.29 is 13.2 Å². The Morgan fingerprint density at radius 2 is 1.88 bits per heavy atom. The zero-order valence-electron chi connectivity index (χ0n) is 17.9. The molecule has 0 bridgehead atoms. The first-order valence-electron chi connectivity index (χ1n) is 10.1. The lowest BCUT2D eigenvalue weighted by atomic mass is 10.1. The average molecular weight is 557 g/mol. The SMILES string of the molecule is CCNC(=NCc1nccn1Cc1ccccc1)NC(C)c1cccc(C(F)(F)F)c1.I. The van der Waals surface area contributed by atoms with Gasteiger partial charge in [0.25, 0.3) is 0 Å². The fourth-order valence-corrected chi connectivity index (χ4v) is 3.16. The summed E-state index contributed by atoms with van der Waals surface area (Å²) >= 11 is 0. The van der Waals surface area contributed by atoms with E-state index in [1.54, 1.807) is 19.2 Å². The van der Waals surface area contributed by atoms with Gasteiger partial charge in [-0.25, -0.2) is 9.98 Å². The molecular formula is C23H27F3IN5. The van der Waals surface area contributed by atoms with Crippen LogP contribution in [0.1, 0.15) is 42.4 Å². The summed E-state index contributed by atoms with van der Waals surface area (Å²) < 4.78 is 41.1. The van der Waals surface area contributed by atoms with E-state index in [1.165, 1.54) is 6.07 Å². The molecule has 1 atom stereocenters. The van der Waals surface area contributed by atoms with E-state index in [0.29, 0.717) is 31.2 Å².